The summed E-state index contributed by atoms with van der Waals surface area (Å²) in [5, 5.41) is 11.5. The van der Waals surface area contributed by atoms with Crippen LogP contribution in [0.25, 0.3) is 0 Å². The van der Waals surface area contributed by atoms with Gasteiger partial charge in [-0.15, -0.1) is 0 Å². The van der Waals surface area contributed by atoms with Crippen LogP contribution in [0, 0.1) is 0 Å². The Morgan fingerprint density at radius 2 is 2.27 bits per heavy atom. The number of aliphatic hydroxyl groups is 1. The van der Waals surface area contributed by atoms with E-state index in [0.29, 0.717) is 17.1 Å². The number of aliphatic hydroxyl groups excluding tert-OH is 1. The van der Waals surface area contributed by atoms with E-state index in [1.807, 2.05) is 0 Å². The summed E-state index contributed by atoms with van der Waals surface area (Å²) >= 11 is 0. The number of nitrogens with one attached hydrogen (secondary N) is 1. The number of carbonyl (C=O) groups excluding carboxylic acids is 1. The molecular weight excluding hydrogens is 196 g/mol. The molecule has 4 N–H and O–H groups in total. The fourth-order valence-electron chi connectivity index (χ4n) is 1.02. The second kappa shape index (κ2) is 4.65. The minimum Gasteiger partial charge on any atom is -0.497 e. The van der Waals surface area contributed by atoms with Gasteiger partial charge in [-0.05, 0) is 19.1 Å². The van der Waals surface area contributed by atoms with Crippen molar-refractivity contribution in [3.63, 3.8) is 0 Å². The first-order valence-electron chi connectivity index (χ1n) is 4.47. The van der Waals surface area contributed by atoms with Crippen molar-refractivity contribution in [1.29, 1.82) is 0 Å². The molecule has 1 unspecified atom stereocenters. The Hall–Kier alpha value is -1.75. The third-order valence-electron chi connectivity index (χ3n) is 1.90. The maximum atomic E-state index is 11.2. The Labute approximate surface area is 87.9 Å². The zero-order valence-electron chi connectivity index (χ0n) is 8.65. The van der Waals surface area contributed by atoms with Crippen LogP contribution in [0.3, 0.4) is 0 Å². The lowest BCUT2D eigenvalue weighted by Crippen LogP contribution is -2.24. The molecule has 15 heavy (non-hydrogen) atoms. The van der Waals surface area contributed by atoms with Gasteiger partial charge >= 0.3 is 0 Å². The van der Waals surface area contributed by atoms with E-state index in [2.05, 4.69) is 5.32 Å². The van der Waals surface area contributed by atoms with Crippen molar-refractivity contribution in [1.82, 2.24) is 0 Å². The van der Waals surface area contributed by atoms with Gasteiger partial charge in [-0.1, -0.05) is 0 Å². The Morgan fingerprint density at radius 1 is 1.60 bits per heavy atom. The van der Waals surface area contributed by atoms with E-state index in [1.165, 1.54) is 14.0 Å². The van der Waals surface area contributed by atoms with Crippen molar-refractivity contribution in [2.24, 2.45) is 0 Å². The lowest BCUT2D eigenvalue weighted by Gasteiger charge is -2.10. The lowest BCUT2D eigenvalue weighted by atomic mass is 10.2. The predicted octanol–water partition coefficient (Wildman–Crippen LogP) is 0.597. The van der Waals surface area contributed by atoms with Crippen LogP contribution < -0.4 is 15.8 Å². The average molecular weight is 210 g/mol. The predicted molar refractivity (Wildman–Crippen MR) is 57.7 cm³/mol. The first-order chi connectivity index (χ1) is 7.04. The van der Waals surface area contributed by atoms with E-state index in [1.54, 1.807) is 18.2 Å². The van der Waals surface area contributed by atoms with E-state index in [0.717, 1.165) is 0 Å². The molecule has 0 aliphatic carbocycles. The molecule has 0 bridgehead atoms. The van der Waals surface area contributed by atoms with Crippen molar-refractivity contribution >= 4 is 17.3 Å². The summed E-state index contributed by atoms with van der Waals surface area (Å²) < 4.78 is 4.96. The first-order valence-corrected chi connectivity index (χ1v) is 4.47. The molecule has 0 saturated heterocycles. The van der Waals surface area contributed by atoms with Crippen LogP contribution in [-0.4, -0.2) is 24.2 Å². The summed E-state index contributed by atoms with van der Waals surface area (Å²) in [7, 11) is 1.53. The number of amides is 1. The van der Waals surface area contributed by atoms with Crippen LogP contribution >= 0.6 is 0 Å². The molecule has 1 atom stereocenters. The number of nitrogen functional groups attached to an aromatic ring is 1. The second-order valence-corrected chi connectivity index (χ2v) is 3.12. The van der Waals surface area contributed by atoms with Crippen molar-refractivity contribution in [2.45, 2.75) is 13.0 Å². The molecule has 0 saturated carbocycles. The summed E-state index contributed by atoms with van der Waals surface area (Å²) in [6.07, 6.45) is -1.06. The normalized spacial score (nSPS) is 11.9. The number of anilines is 2. The zero-order valence-corrected chi connectivity index (χ0v) is 8.65. The molecule has 1 amide bonds. The largest absolute Gasteiger partial charge is 0.497 e. The molecule has 0 spiro atoms. The standard InChI is InChI=1S/C10H14N2O3/c1-6(13)10(14)12-9-4-3-7(15-2)5-8(9)11/h3-6,13H,11H2,1-2H3,(H,12,14). The fourth-order valence-corrected chi connectivity index (χ4v) is 1.02. The van der Waals surface area contributed by atoms with Gasteiger partial charge in [0.1, 0.15) is 11.9 Å². The monoisotopic (exact) mass is 210 g/mol. The molecule has 1 aromatic carbocycles. The third kappa shape index (κ3) is 2.85. The maximum absolute atomic E-state index is 11.2. The fraction of sp³-hybridized carbons (Fsp3) is 0.300. The van der Waals surface area contributed by atoms with Crippen molar-refractivity contribution < 1.29 is 14.6 Å². The van der Waals surface area contributed by atoms with E-state index in [9.17, 15) is 4.79 Å². The molecule has 1 aromatic rings. The van der Waals surface area contributed by atoms with Gasteiger partial charge in [-0.3, -0.25) is 4.79 Å². The molecule has 5 heteroatoms. The van der Waals surface area contributed by atoms with Crippen molar-refractivity contribution in [2.75, 3.05) is 18.2 Å². The highest BCUT2D eigenvalue weighted by atomic mass is 16.5. The molecule has 0 aliphatic rings. The number of nitrogens with two attached hydrogens (primary N) is 1. The number of carbonyl (C=O) groups is 1. The van der Waals surface area contributed by atoms with Gasteiger partial charge in [-0.25, -0.2) is 0 Å². The van der Waals surface area contributed by atoms with Crippen LogP contribution in [-0.2, 0) is 4.79 Å². The molecule has 0 aliphatic heterocycles. The van der Waals surface area contributed by atoms with Crippen molar-refractivity contribution in [3.05, 3.63) is 18.2 Å². The van der Waals surface area contributed by atoms with Gasteiger partial charge in [0, 0.05) is 6.07 Å². The third-order valence-corrected chi connectivity index (χ3v) is 1.90. The number of benzene rings is 1. The summed E-state index contributed by atoms with van der Waals surface area (Å²) in [4.78, 5) is 11.2. The van der Waals surface area contributed by atoms with Gasteiger partial charge in [0.2, 0.25) is 0 Å². The van der Waals surface area contributed by atoms with Gasteiger partial charge in [-0.2, -0.15) is 0 Å². The molecule has 82 valence electrons. The van der Waals surface area contributed by atoms with Crippen LogP contribution in [0.1, 0.15) is 6.92 Å². The average Bonchev–Trinajstić information content (AvgIpc) is 2.20. The van der Waals surface area contributed by atoms with Crippen LogP contribution in [0.15, 0.2) is 18.2 Å². The van der Waals surface area contributed by atoms with Crippen LogP contribution in [0.4, 0.5) is 11.4 Å². The topological polar surface area (TPSA) is 84.6 Å². The SMILES string of the molecule is COc1ccc(NC(=O)C(C)O)c(N)c1. The highest BCUT2D eigenvalue weighted by Gasteiger charge is 2.10. The highest BCUT2D eigenvalue weighted by molar-refractivity contribution is 5.96. The summed E-state index contributed by atoms with van der Waals surface area (Å²) in [5.74, 6) is 0.120. The van der Waals surface area contributed by atoms with Gasteiger partial charge in [0.05, 0.1) is 18.5 Å². The number of hydrogen-bond donors (Lipinski definition) is 3. The molecule has 5 nitrogen and oxygen atoms in total. The minimum absolute atomic E-state index is 0.392. The Morgan fingerprint density at radius 3 is 2.73 bits per heavy atom. The van der Waals surface area contributed by atoms with Crippen LogP contribution in [0.2, 0.25) is 0 Å². The van der Waals surface area contributed by atoms with Gasteiger partial charge in [0.15, 0.2) is 0 Å². The van der Waals surface area contributed by atoms with Gasteiger partial charge in [0.25, 0.3) is 5.91 Å². The first kappa shape index (κ1) is 11.3. The summed E-state index contributed by atoms with van der Waals surface area (Å²) in [6, 6.07) is 4.89. The zero-order chi connectivity index (χ0) is 11.4. The minimum atomic E-state index is -1.06. The Balaban J connectivity index is 2.83. The van der Waals surface area contributed by atoms with E-state index < -0.39 is 12.0 Å². The molecular formula is C10H14N2O3. The number of rotatable bonds is 3. The van der Waals surface area contributed by atoms with E-state index >= 15 is 0 Å². The Bertz CT molecular complexity index is 364. The molecule has 0 heterocycles. The number of hydrogen-bond acceptors (Lipinski definition) is 4. The molecule has 0 aromatic heterocycles. The highest BCUT2D eigenvalue weighted by Crippen LogP contribution is 2.23. The second-order valence-electron chi connectivity index (χ2n) is 3.12. The quantitative estimate of drug-likeness (QED) is 0.638. The number of methoxy groups -OCH3 is 1. The maximum Gasteiger partial charge on any atom is 0.252 e. The Kier molecular flexibility index (Phi) is 3.51. The van der Waals surface area contributed by atoms with Crippen LogP contribution in [0.5, 0.6) is 5.75 Å². The molecule has 0 radical (unpaired) electrons. The van der Waals surface area contributed by atoms with E-state index in [-0.39, 0.29) is 0 Å². The van der Waals surface area contributed by atoms with E-state index in [4.69, 9.17) is 15.6 Å². The summed E-state index contributed by atoms with van der Waals surface area (Å²) in [6.45, 7) is 1.38. The molecule has 0 fully saturated rings. The molecule has 1 rings (SSSR count). The van der Waals surface area contributed by atoms with Gasteiger partial charge < -0.3 is 20.9 Å². The summed E-state index contributed by atoms with van der Waals surface area (Å²) in [5.41, 5.74) is 6.52. The number of ether oxygens (including phenoxy) is 1. The van der Waals surface area contributed by atoms with Crippen molar-refractivity contribution in [3.8, 4) is 5.75 Å². The smallest absolute Gasteiger partial charge is 0.252 e. The lowest BCUT2D eigenvalue weighted by molar-refractivity contribution is -0.123.